The van der Waals surface area contributed by atoms with Crippen LogP contribution in [0.3, 0.4) is 0 Å². The van der Waals surface area contributed by atoms with Gasteiger partial charge >= 0.3 is 0 Å². The number of benzene rings is 2. The van der Waals surface area contributed by atoms with Crippen LogP contribution in [0.5, 0.6) is 17.2 Å². The van der Waals surface area contributed by atoms with Crippen molar-refractivity contribution in [2.75, 3.05) is 38.1 Å². The van der Waals surface area contributed by atoms with Crippen LogP contribution in [0.1, 0.15) is 57.1 Å². The Bertz CT molecular complexity index is 1010. The maximum Gasteiger partial charge on any atom is 0.229 e. The molecule has 1 N–H and O–H groups in total. The molecule has 0 spiro atoms. The standard InChI is InChI=1S/C26H34N2O5/c1-15(2)17-8-9-21(20(10-17)16(3)4)27-26(30)18-11-24(29)28(14-18)19-12-22(31-5)25(33-7)23(13-19)32-6/h8-10,12-13,15-16,18H,11,14H2,1-7H3,(H,27,30). The first-order valence-corrected chi connectivity index (χ1v) is 11.2. The molecule has 1 saturated heterocycles. The number of rotatable bonds is 8. The molecule has 0 aliphatic carbocycles. The average Bonchev–Trinajstić information content (AvgIpc) is 3.19. The average molecular weight is 455 g/mol. The number of nitrogens with zero attached hydrogens (tertiary/aromatic N) is 1. The minimum Gasteiger partial charge on any atom is -0.493 e. The fourth-order valence-corrected chi connectivity index (χ4v) is 4.12. The van der Waals surface area contributed by atoms with Gasteiger partial charge < -0.3 is 24.4 Å². The van der Waals surface area contributed by atoms with Gasteiger partial charge in [0.05, 0.1) is 32.9 Å². The predicted molar refractivity (Wildman–Crippen MR) is 130 cm³/mol. The summed E-state index contributed by atoms with van der Waals surface area (Å²) in [6, 6.07) is 9.62. The molecule has 2 aromatic rings. The molecule has 2 aromatic carbocycles. The van der Waals surface area contributed by atoms with Gasteiger partial charge in [0.1, 0.15) is 0 Å². The quantitative estimate of drug-likeness (QED) is 0.611. The normalized spacial score (nSPS) is 15.8. The van der Waals surface area contributed by atoms with Gasteiger partial charge in [0.2, 0.25) is 17.6 Å². The third-order valence-electron chi connectivity index (χ3n) is 6.08. The van der Waals surface area contributed by atoms with Crippen LogP contribution in [0.2, 0.25) is 0 Å². The Morgan fingerprint density at radius 2 is 1.61 bits per heavy atom. The van der Waals surface area contributed by atoms with Crippen LogP contribution in [0.25, 0.3) is 0 Å². The van der Waals surface area contributed by atoms with Crippen LogP contribution in [-0.4, -0.2) is 39.7 Å². The third kappa shape index (κ3) is 5.07. The zero-order valence-electron chi connectivity index (χ0n) is 20.5. The molecule has 1 aliphatic heterocycles. The molecule has 0 radical (unpaired) electrons. The zero-order chi connectivity index (χ0) is 24.3. The molecule has 0 aromatic heterocycles. The number of amides is 2. The van der Waals surface area contributed by atoms with E-state index in [0.29, 0.717) is 28.9 Å². The Morgan fingerprint density at radius 1 is 0.970 bits per heavy atom. The summed E-state index contributed by atoms with van der Waals surface area (Å²) < 4.78 is 16.2. The number of anilines is 2. The number of carbonyl (C=O) groups excluding carboxylic acids is 2. The highest BCUT2D eigenvalue weighted by atomic mass is 16.5. The minimum atomic E-state index is -0.457. The van der Waals surface area contributed by atoms with Crippen LogP contribution in [0.4, 0.5) is 11.4 Å². The second-order valence-electron chi connectivity index (χ2n) is 8.93. The maximum absolute atomic E-state index is 13.1. The van der Waals surface area contributed by atoms with Crippen molar-refractivity contribution in [2.24, 2.45) is 5.92 Å². The van der Waals surface area contributed by atoms with Gasteiger partial charge in [-0.05, 0) is 29.0 Å². The topological polar surface area (TPSA) is 77.1 Å². The van der Waals surface area contributed by atoms with Crippen LogP contribution in [-0.2, 0) is 9.59 Å². The Balaban J connectivity index is 1.82. The van der Waals surface area contributed by atoms with Crippen molar-refractivity contribution in [3.05, 3.63) is 41.5 Å². The summed E-state index contributed by atoms with van der Waals surface area (Å²) in [5, 5.41) is 3.07. The van der Waals surface area contributed by atoms with E-state index in [1.54, 1.807) is 17.0 Å². The molecule has 0 saturated carbocycles. The fraction of sp³-hybridized carbons (Fsp3) is 0.462. The first-order valence-electron chi connectivity index (χ1n) is 11.2. The second kappa shape index (κ2) is 10.1. The van der Waals surface area contributed by atoms with E-state index < -0.39 is 5.92 Å². The summed E-state index contributed by atoms with van der Waals surface area (Å²) in [5.74, 6) is 1.31. The monoisotopic (exact) mass is 454 g/mol. The molecule has 178 valence electrons. The van der Waals surface area contributed by atoms with Crippen molar-refractivity contribution < 1.29 is 23.8 Å². The SMILES string of the molecule is COc1cc(N2CC(C(=O)Nc3ccc(C(C)C)cc3C(C)C)CC2=O)cc(OC)c1OC. The summed E-state index contributed by atoms with van der Waals surface area (Å²) in [6.45, 7) is 8.81. The first-order chi connectivity index (χ1) is 15.7. The van der Waals surface area contributed by atoms with Gasteiger partial charge in [-0.25, -0.2) is 0 Å². The van der Waals surface area contributed by atoms with Crippen LogP contribution in [0, 0.1) is 5.92 Å². The Kier molecular flexibility index (Phi) is 7.51. The van der Waals surface area contributed by atoms with E-state index in [2.05, 4.69) is 39.1 Å². The molecule has 7 nitrogen and oxygen atoms in total. The predicted octanol–water partition coefficient (Wildman–Crippen LogP) is 4.95. The molecule has 1 fully saturated rings. The minimum absolute atomic E-state index is 0.122. The lowest BCUT2D eigenvalue weighted by Gasteiger charge is -2.21. The van der Waals surface area contributed by atoms with E-state index in [9.17, 15) is 9.59 Å². The number of hydrogen-bond acceptors (Lipinski definition) is 5. The zero-order valence-corrected chi connectivity index (χ0v) is 20.5. The van der Waals surface area contributed by atoms with E-state index >= 15 is 0 Å². The lowest BCUT2D eigenvalue weighted by atomic mass is 9.94. The largest absolute Gasteiger partial charge is 0.493 e. The number of carbonyl (C=O) groups is 2. The van der Waals surface area contributed by atoms with Gasteiger partial charge in [-0.1, -0.05) is 39.8 Å². The third-order valence-corrected chi connectivity index (χ3v) is 6.08. The highest BCUT2D eigenvalue weighted by Crippen LogP contribution is 2.42. The van der Waals surface area contributed by atoms with E-state index in [0.717, 1.165) is 11.3 Å². The molecule has 1 heterocycles. The molecule has 7 heteroatoms. The molecule has 0 bridgehead atoms. The molecule has 2 amide bonds. The van der Waals surface area contributed by atoms with Crippen LogP contribution < -0.4 is 24.4 Å². The second-order valence-corrected chi connectivity index (χ2v) is 8.93. The summed E-state index contributed by atoms with van der Waals surface area (Å²) in [7, 11) is 4.58. The van der Waals surface area contributed by atoms with Crippen molar-refractivity contribution >= 4 is 23.2 Å². The summed E-state index contributed by atoms with van der Waals surface area (Å²) >= 11 is 0. The number of ether oxygens (including phenoxy) is 3. The number of methoxy groups -OCH3 is 3. The molecule has 1 atom stereocenters. The lowest BCUT2D eigenvalue weighted by molar-refractivity contribution is -0.122. The van der Waals surface area contributed by atoms with Crippen molar-refractivity contribution in [3.8, 4) is 17.2 Å². The van der Waals surface area contributed by atoms with Crippen molar-refractivity contribution in [1.82, 2.24) is 0 Å². The van der Waals surface area contributed by atoms with Gasteiger partial charge in [-0.3, -0.25) is 9.59 Å². The lowest BCUT2D eigenvalue weighted by Crippen LogP contribution is -2.28. The van der Waals surface area contributed by atoms with E-state index in [-0.39, 0.29) is 30.7 Å². The van der Waals surface area contributed by atoms with E-state index in [1.807, 2.05) is 12.1 Å². The van der Waals surface area contributed by atoms with Crippen molar-refractivity contribution in [1.29, 1.82) is 0 Å². The van der Waals surface area contributed by atoms with Gasteiger partial charge in [-0.2, -0.15) is 0 Å². The highest BCUT2D eigenvalue weighted by molar-refractivity contribution is 6.04. The smallest absolute Gasteiger partial charge is 0.229 e. The molecule has 1 unspecified atom stereocenters. The molecular weight excluding hydrogens is 420 g/mol. The first kappa shape index (κ1) is 24.4. The fourth-order valence-electron chi connectivity index (χ4n) is 4.12. The van der Waals surface area contributed by atoms with Crippen molar-refractivity contribution in [3.63, 3.8) is 0 Å². The molecule has 3 rings (SSSR count). The summed E-state index contributed by atoms with van der Waals surface area (Å²) in [5.41, 5.74) is 3.74. The number of hydrogen-bond donors (Lipinski definition) is 1. The van der Waals surface area contributed by atoms with Gasteiger partial charge in [-0.15, -0.1) is 0 Å². The van der Waals surface area contributed by atoms with Gasteiger partial charge in [0, 0.05) is 30.8 Å². The Hall–Kier alpha value is -3.22. The molecule has 1 aliphatic rings. The Morgan fingerprint density at radius 3 is 2.12 bits per heavy atom. The van der Waals surface area contributed by atoms with Gasteiger partial charge in [0.25, 0.3) is 0 Å². The summed E-state index contributed by atoms with van der Waals surface area (Å²) in [6.07, 6.45) is 0.142. The molecular formula is C26H34N2O5. The Labute approximate surface area is 196 Å². The summed E-state index contributed by atoms with van der Waals surface area (Å²) in [4.78, 5) is 27.5. The molecule has 33 heavy (non-hydrogen) atoms. The van der Waals surface area contributed by atoms with Crippen LogP contribution in [0.15, 0.2) is 30.3 Å². The van der Waals surface area contributed by atoms with E-state index in [4.69, 9.17) is 14.2 Å². The van der Waals surface area contributed by atoms with Gasteiger partial charge in [0.15, 0.2) is 11.5 Å². The number of nitrogens with one attached hydrogen (secondary N) is 1. The van der Waals surface area contributed by atoms with E-state index in [1.165, 1.54) is 26.9 Å². The van der Waals surface area contributed by atoms with Crippen molar-refractivity contribution in [2.45, 2.75) is 46.0 Å². The van der Waals surface area contributed by atoms with Crippen LogP contribution >= 0.6 is 0 Å². The maximum atomic E-state index is 13.1. The highest BCUT2D eigenvalue weighted by Gasteiger charge is 2.36.